The molecule has 2 N–H and O–H groups in total. The number of nitrogens with two attached hydrogens (primary N) is 1. The lowest BCUT2D eigenvalue weighted by Gasteiger charge is -2.15. The lowest BCUT2D eigenvalue weighted by atomic mass is 10.0. The molecule has 0 spiro atoms. The molecule has 110 valence electrons. The fourth-order valence-corrected chi connectivity index (χ4v) is 2.99. The highest BCUT2D eigenvalue weighted by Crippen LogP contribution is 2.28. The predicted octanol–water partition coefficient (Wildman–Crippen LogP) is 4.48. The first-order valence-electron chi connectivity index (χ1n) is 6.68. The molecule has 0 saturated heterocycles. The van der Waals surface area contributed by atoms with E-state index in [0.29, 0.717) is 22.9 Å². The fraction of sp³-hybridized carbons (Fsp3) is 0.235. The zero-order valence-corrected chi connectivity index (χ0v) is 13.9. The van der Waals surface area contributed by atoms with Gasteiger partial charge in [0.05, 0.1) is 10.6 Å². The van der Waals surface area contributed by atoms with Gasteiger partial charge in [0.1, 0.15) is 17.3 Å². The molecule has 2 nitrogen and oxygen atoms in total. The molecular weight excluding hydrogens is 302 g/mol. The summed E-state index contributed by atoms with van der Waals surface area (Å²) in [6.45, 7) is 6.73. The Bertz CT molecular complexity index is 674. The zero-order chi connectivity index (χ0) is 15.6. The van der Waals surface area contributed by atoms with E-state index < -0.39 is 0 Å². The van der Waals surface area contributed by atoms with Gasteiger partial charge in [-0.05, 0) is 49.6 Å². The number of ether oxygens (including phenoxy) is 1. The van der Waals surface area contributed by atoms with Gasteiger partial charge in [0.15, 0.2) is 0 Å². The molecule has 0 aromatic heterocycles. The van der Waals surface area contributed by atoms with Gasteiger partial charge in [0, 0.05) is 0 Å². The summed E-state index contributed by atoms with van der Waals surface area (Å²) >= 11 is 11.2. The van der Waals surface area contributed by atoms with Crippen molar-refractivity contribution in [2.75, 3.05) is 0 Å². The summed E-state index contributed by atoms with van der Waals surface area (Å²) in [5.74, 6) is 0.620. The second-order valence-electron chi connectivity index (χ2n) is 5.14. The van der Waals surface area contributed by atoms with Crippen LogP contribution >= 0.6 is 23.8 Å². The molecule has 0 atom stereocenters. The van der Waals surface area contributed by atoms with Gasteiger partial charge in [-0.15, -0.1) is 0 Å². The highest BCUT2D eigenvalue weighted by molar-refractivity contribution is 7.80. The van der Waals surface area contributed by atoms with Gasteiger partial charge < -0.3 is 10.5 Å². The molecule has 0 aliphatic rings. The minimum atomic E-state index is 0.243. The molecule has 0 aliphatic carbocycles. The molecule has 4 heteroatoms. The van der Waals surface area contributed by atoms with E-state index in [0.717, 1.165) is 0 Å². The standard InChI is InChI=1S/C17H18ClNOS/c1-10-7-11(2)13(12(3)8-10)9-20-15-6-4-5-14(18)16(15)17(19)21/h4-8H,9H2,1-3H3,(H2,19,21). The summed E-state index contributed by atoms with van der Waals surface area (Å²) in [6.07, 6.45) is 0. The highest BCUT2D eigenvalue weighted by Gasteiger charge is 2.12. The number of halogens is 1. The van der Waals surface area contributed by atoms with Crippen LogP contribution in [0.1, 0.15) is 27.8 Å². The SMILES string of the molecule is Cc1cc(C)c(COc2cccc(Cl)c2C(N)=S)c(C)c1. The van der Waals surface area contributed by atoms with Crippen LogP contribution in [0.4, 0.5) is 0 Å². The Morgan fingerprint density at radius 2 is 1.81 bits per heavy atom. The highest BCUT2D eigenvalue weighted by atomic mass is 35.5. The molecular formula is C17H18ClNOS. The third-order valence-electron chi connectivity index (χ3n) is 3.43. The van der Waals surface area contributed by atoms with Crippen LogP contribution in [-0.4, -0.2) is 4.99 Å². The minimum absolute atomic E-state index is 0.243. The van der Waals surface area contributed by atoms with Gasteiger partial charge in [-0.1, -0.05) is 47.6 Å². The quantitative estimate of drug-likeness (QED) is 0.844. The van der Waals surface area contributed by atoms with Gasteiger partial charge in [0.2, 0.25) is 0 Å². The van der Waals surface area contributed by atoms with Crippen LogP contribution in [0.15, 0.2) is 30.3 Å². The average Bonchev–Trinajstić information content (AvgIpc) is 2.36. The monoisotopic (exact) mass is 319 g/mol. The predicted molar refractivity (Wildman–Crippen MR) is 92.3 cm³/mol. The number of rotatable bonds is 4. The molecule has 2 aromatic rings. The van der Waals surface area contributed by atoms with Crippen molar-refractivity contribution in [3.05, 3.63) is 63.2 Å². The second-order valence-corrected chi connectivity index (χ2v) is 5.99. The maximum absolute atomic E-state index is 6.14. The molecule has 2 rings (SSSR count). The summed E-state index contributed by atoms with van der Waals surface area (Å²) in [6, 6.07) is 9.72. The lowest BCUT2D eigenvalue weighted by Crippen LogP contribution is -2.13. The Hall–Kier alpha value is -1.58. The molecule has 2 aromatic carbocycles. The molecule has 0 heterocycles. The fourth-order valence-electron chi connectivity index (χ4n) is 2.45. The van der Waals surface area contributed by atoms with Crippen molar-refractivity contribution in [1.82, 2.24) is 0 Å². The summed E-state index contributed by atoms with van der Waals surface area (Å²) in [5, 5.41) is 0.511. The Morgan fingerprint density at radius 3 is 2.38 bits per heavy atom. The van der Waals surface area contributed by atoms with Crippen molar-refractivity contribution in [3.63, 3.8) is 0 Å². The van der Waals surface area contributed by atoms with Crippen LogP contribution in [0.2, 0.25) is 5.02 Å². The number of hydrogen-bond donors (Lipinski definition) is 1. The Morgan fingerprint density at radius 1 is 1.19 bits per heavy atom. The number of hydrogen-bond acceptors (Lipinski definition) is 2. The van der Waals surface area contributed by atoms with Crippen LogP contribution in [-0.2, 0) is 6.61 Å². The molecule has 0 saturated carbocycles. The van der Waals surface area contributed by atoms with Crippen molar-refractivity contribution in [3.8, 4) is 5.75 Å². The molecule has 0 aliphatic heterocycles. The molecule has 0 amide bonds. The summed E-state index contributed by atoms with van der Waals surface area (Å²) in [4.78, 5) is 0.243. The van der Waals surface area contributed by atoms with E-state index in [-0.39, 0.29) is 4.99 Å². The van der Waals surface area contributed by atoms with Crippen molar-refractivity contribution >= 4 is 28.8 Å². The first-order chi connectivity index (χ1) is 9.90. The maximum Gasteiger partial charge on any atom is 0.131 e. The van der Waals surface area contributed by atoms with E-state index in [1.807, 2.05) is 12.1 Å². The lowest BCUT2D eigenvalue weighted by molar-refractivity contribution is 0.304. The van der Waals surface area contributed by atoms with E-state index in [9.17, 15) is 0 Å². The minimum Gasteiger partial charge on any atom is -0.488 e. The van der Waals surface area contributed by atoms with Gasteiger partial charge >= 0.3 is 0 Å². The van der Waals surface area contributed by atoms with Crippen LogP contribution in [0.3, 0.4) is 0 Å². The second kappa shape index (κ2) is 6.46. The maximum atomic E-state index is 6.14. The molecule has 0 fully saturated rings. The van der Waals surface area contributed by atoms with E-state index in [1.165, 1.54) is 22.3 Å². The van der Waals surface area contributed by atoms with E-state index in [2.05, 4.69) is 32.9 Å². The number of aryl methyl sites for hydroxylation is 3. The first-order valence-corrected chi connectivity index (χ1v) is 7.46. The Labute approximate surface area is 135 Å². The molecule has 21 heavy (non-hydrogen) atoms. The average molecular weight is 320 g/mol. The normalized spacial score (nSPS) is 10.5. The van der Waals surface area contributed by atoms with E-state index in [4.69, 9.17) is 34.3 Å². The zero-order valence-electron chi connectivity index (χ0n) is 12.4. The van der Waals surface area contributed by atoms with Gasteiger partial charge in [-0.3, -0.25) is 0 Å². The van der Waals surface area contributed by atoms with Crippen LogP contribution in [0, 0.1) is 20.8 Å². The molecule has 0 radical (unpaired) electrons. The van der Waals surface area contributed by atoms with Crippen molar-refractivity contribution in [1.29, 1.82) is 0 Å². The third kappa shape index (κ3) is 3.55. The van der Waals surface area contributed by atoms with Crippen molar-refractivity contribution in [2.24, 2.45) is 5.73 Å². The van der Waals surface area contributed by atoms with Crippen LogP contribution in [0.5, 0.6) is 5.75 Å². The molecule has 0 bridgehead atoms. The van der Waals surface area contributed by atoms with Crippen molar-refractivity contribution < 1.29 is 4.74 Å². The van der Waals surface area contributed by atoms with E-state index in [1.54, 1.807) is 6.07 Å². The topological polar surface area (TPSA) is 35.2 Å². The van der Waals surface area contributed by atoms with Crippen molar-refractivity contribution in [2.45, 2.75) is 27.4 Å². The van der Waals surface area contributed by atoms with Gasteiger partial charge in [-0.25, -0.2) is 0 Å². The smallest absolute Gasteiger partial charge is 0.131 e. The van der Waals surface area contributed by atoms with Gasteiger partial charge in [0.25, 0.3) is 0 Å². The summed E-state index contributed by atoms with van der Waals surface area (Å²) in [7, 11) is 0. The Kier molecular flexibility index (Phi) is 4.86. The Balaban J connectivity index is 2.29. The third-order valence-corrected chi connectivity index (χ3v) is 3.95. The first kappa shape index (κ1) is 15.8. The van der Waals surface area contributed by atoms with Gasteiger partial charge in [-0.2, -0.15) is 0 Å². The number of benzene rings is 2. The largest absolute Gasteiger partial charge is 0.488 e. The van der Waals surface area contributed by atoms with Crippen LogP contribution in [0.25, 0.3) is 0 Å². The molecule has 0 unspecified atom stereocenters. The van der Waals surface area contributed by atoms with E-state index >= 15 is 0 Å². The van der Waals surface area contributed by atoms with Crippen LogP contribution < -0.4 is 10.5 Å². The summed E-state index contributed by atoms with van der Waals surface area (Å²) in [5.41, 5.74) is 11.2. The number of thiocarbonyl (C=S) groups is 1. The summed E-state index contributed by atoms with van der Waals surface area (Å²) < 4.78 is 5.91.